The van der Waals surface area contributed by atoms with Crippen LogP contribution < -0.4 is 5.32 Å². The third kappa shape index (κ3) is 4.15. The van der Waals surface area contributed by atoms with Crippen LogP contribution in [0.3, 0.4) is 0 Å². The molecule has 2 aliphatic rings. The molecule has 0 bridgehead atoms. The Labute approximate surface area is 117 Å². The Kier molecular flexibility index (Phi) is 5.63. The fraction of sp³-hybridized carbons (Fsp3) is 1.00. The zero-order valence-electron chi connectivity index (χ0n) is 12.5. The molecular weight excluding hydrogens is 240 g/mol. The third-order valence-electron chi connectivity index (χ3n) is 4.77. The lowest BCUT2D eigenvalue weighted by molar-refractivity contribution is -0.0329. The number of hydrogen-bond donors (Lipinski definition) is 2. The van der Waals surface area contributed by atoms with Gasteiger partial charge in [0.2, 0.25) is 0 Å². The van der Waals surface area contributed by atoms with E-state index in [9.17, 15) is 5.11 Å². The first kappa shape index (κ1) is 15.2. The van der Waals surface area contributed by atoms with Gasteiger partial charge in [0.05, 0.1) is 19.3 Å². The second kappa shape index (κ2) is 7.02. The second-order valence-electron chi connectivity index (χ2n) is 6.41. The quantitative estimate of drug-likeness (QED) is 0.789. The summed E-state index contributed by atoms with van der Waals surface area (Å²) in [4.78, 5) is 2.44. The Morgan fingerprint density at radius 1 is 1.47 bits per heavy atom. The van der Waals surface area contributed by atoms with E-state index < -0.39 is 0 Å². The van der Waals surface area contributed by atoms with E-state index in [1.165, 1.54) is 12.8 Å². The fourth-order valence-electron chi connectivity index (χ4n) is 3.54. The molecule has 1 saturated heterocycles. The van der Waals surface area contributed by atoms with Crippen LogP contribution >= 0.6 is 0 Å². The van der Waals surface area contributed by atoms with Gasteiger partial charge in [-0.15, -0.1) is 0 Å². The minimum Gasteiger partial charge on any atom is -0.394 e. The molecule has 0 radical (unpaired) electrons. The molecule has 1 aliphatic heterocycles. The maximum Gasteiger partial charge on any atom is 0.0826 e. The lowest BCUT2D eigenvalue weighted by Gasteiger charge is -2.41. The van der Waals surface area contributed by atoms with E-state index in [4.69, 9.17) is 4.74 Å². The first-order valence-corrected chi connectivity index (χ1v) is 7.87. The van der Waals surface area contributed by atoms with Crippen LogP contribution in [0.25, 0.3) is 0 Å². The van der Waals surface area contributed by atoms with Crippen molar-refractivity contribution in [3.05, 3.63) is 0 Å². The SMILES string of the molecule is CCN1CCOC(CNC2(CO)CCCC(C)C2)C1. The standard InChI is InChI=1S/C15H30N2O2/c1-3-17-7-8-19-14(11-17)10-16-15(12-18)6-4-5-13(2)9-15/h13-14,16,18H,3-12H2,1-2H3. The summed E-state index contributed by atoms with van der Waals surface area (Å²) in [7, 11) is 0. The van der Waals surface area contributed by atoms with Crippen LogP contribution in [-0.4, -0.2) is 61.0 Å². The Bertz CT molecular complexity index is 275. The number of likely N-dealkylation sites (N-methyl/N-ethyl adjacent to an activating group) is 1. The highest BCUT2D eigenvalue weighted by Crippen LogP contribution is 2.32. The van der Waals surface area contributed by atoms with E-state index in [1.807, 2.05) is 0 Å². The van der Waals surface area contributed by atoms with E-state index in [1.54, 1.807) is 0 Å². The van der Waals surface area contributed by atoms with Crippen LogP contribution in [0.1, 0.15) is 39.5 Å². The summed E-state index contributed by atoms with van der Waals surface area (Å²) in [6.45, 7) is 9.61. The number of aliphatic hydroxyl groups excluding tert-OH is 1. The van der Waals surface area contributed by atoms with Crippen LogP contribution in [0.15, 0.2) is 0 Å². The van der Waals surface area contributed by atoms with Gasteiger partial charge in [0.1, 0.15) is 0 Å². The normalized spacial score (nSPS) is 37.4. The monoisotopic (exact) mass is 270 g/mol. The molecule has 4 heteroatoms. The van der Waals surface area contributed by atoms with E-state index in [2.05, 4.69) is 24.1 Å². The molecule has 2 fully saturated rings. The number of ether oxygens (including phenoxy) is 1. The molecule has 3 atom stereocenters. The molecule has 0 aromatic rings. The molecule has 0 amide bonds. The van der Waals surface area contributed by atoms with Crippen molar-refractivity contribution < 1.29 is 9.84 Å². The van der Waals surface area contributed by atoms with Crippen molar-refractivity contribution in [3.8, 4) is 0 Å². The van der Waals surface area contributed by atoms with Crippen molar-refractivity contribution >= 4 is 0 Å². The van der Waals surface area contributed by atoms with Gasteiger partial charge in [-0.1, -0.05) is 26.7 Å². The molecule has 3 unspecified atom stereocenters. The van der Waals surface area contributed by atoms with Gasteiger partial charge in [-0.3, -0.25) is 4.90 Å². The predicted octanol–water partition coefficient (Wildman–Crippen LogP) is 1.24. The first-order chi connectivity index (χ1) is 9.17. The highest BCUT2D eigenvalue weighted by Gasteiger charge is 2.34. The van der Waals surface area contributed by atoms with Crippen molar-refractivity contribution in [1.29, 1.82) is 0 Å². The molecule has 1 heterocycles. The Morgan fingerprint density at radius 3 is 3.00 bits per heavy atom. The molecule has 112 valence electrons. The minimum absolute atomic E-state index is 0.0600. The van der Waals surface area contributed by atoms with Crippen molar-refractivity contribution in [2.24, 2.45) is 5.92 Å². The lowest BCUT2D eigenvalue weighted by atomic mass is 9.77. The van der Waals surface area contributed by atoms with Crippen LogP contribution in [-0.2, 0) is 4.74 Å². The summed E-state index contributed by atoms with van der Waals surface area (Å²) >= 11 is 0. The fourth-order valence-corrected chi connectivity index (χ4v) is 3.54. The molecule has 2 N–H and O–H groups in total. The van der Waals surface area contributed by atoms with Gasteiger partial charge in [-0.2, -0.15) is 0 Å². The highest BCUT2D eigenvalue weighted by atomic mass is 16.5. The molecule has 0 spiro atoms. The summed E-state index contributed by atoms with van der Waals surface area (Å²) in [5.74, 6) is 0.716. The van der Waals surface area contributed by atoms with Gasteiger partial charge >= 0.3 is 0 Å². The average Bonchev–Trinajstić information content (AvgIpc) is 2.45. The summed E-state index contributed by atoms with van der Waals surface area (Å²) < 4.78 is 5.83. The van der Waals surface area contributed by atoms with E-state index >= 15 is 0 Å². The molecule has 2 rings (SSSR count). The summed E-state index contributed by atoms with van der Waals surface area (Å²) in [6.07, 6.45) is 4.98. The molecular formula is C15H30N2O2. The van der Waals surface area contributed by atoms with Crippen molar-refractivity contribution in [2.75, 3.05) is 39.4 Å². The first-order valence-electron chi connectivity index (χ1n) is 7.87. The summed E-state index contributed by atoms with van der Waals surface area (Å²) in [5.41, 5.74) is -0.0600. The van der Waals surface area contributed by atoms with Crippen molar-refractivity contribution in [1.82, 2.24) is 10.2 Å². The van der Waals surface area contributed by atoms with Crippen LogP contribution in [0, 0.1) is 5.92 Å². The maximum absolute atomic E-state index is 9.77. The number of hydrogen-bond acceptors (Lipinski definition) is 4. The predicted molar refractivity (Wildman–Crippen MR) is 77.3 cm³/mol. The van der Waals surface area contributed by atoms with Crippen LogP contribution in [0.4, 0.5) is 0 Å². The van der Waals surface area contributed by atoms with Gasteiger partial charge in [0.25, 0.3) is 0 Å². The largest absolute Gasteiger partial charge is 0.394 e. The van der Waals surface area contributed by atoms with Crippen molar-refractivity contribution in [3.63, 3.8) is 0 Å². The van der Waals surface area contributed by atoms with Crippen LogP contribution in [0.5, 0.6) is 0 Å². The number of morpholine rings is 1. The zero-order valence-corrected chi connectivity index (χ0v) is 12.5. The molecule has 0 aromatic heterocycles. The Morgan fingerprint density at radius 2 is 2.32 bits per heavy atom. The third-order valence-corrected chi connectivity index (χ3v) is 4.77. The van der Waals surface area contributed by atoms with E-state index in [0.29, 0.717) is 5.92 Å². The highest BCUT2D eigenvalue weighted by molar-refractivity contribution is 4.93. The van der Waals surface area contributed by atoms with Gasteiger partial charge in [0.15, 0.2) is 0 Å². The summed E-state index contributed by atoms with van der Waals surface area (Å²) in [6, 6.07) is 0. The maximum atomic E-state index is 9.77. The van der Waals surface area contributed by atoms with Gasteiger partial charge in [-0.25, -0.2) is 0 Å². The molecule has 1 saturated carbocycles. The van der Waals surface area contributed by atoms with Crippen LogP contribution in [0.2, 0.25) is 0 Å². The molecule has 1 aliphatic carbocycles. The van der Waals surface area contributed by atoms with E-state index in [-0.39, 0.29) is 18.2 Å². The van der Waals surface area contributed by atoms with Gasteiger partial charge < -0.3 is 15.2 Å². The number of nitrogens with zero attached hydrogens (tertiary/aromatic N) is 1. The topological polar surface area (TPSA) is 44.7 Å². The molecule has 19 heavy (non-hydrogen) atoms. The Hall–Kier alpha value is -0.160. The number of aliphatic hydroxyl groups is 1. The number of nitrogens with one attached hydrogen (secondary N) is 1. The van der Waals surface area contributed by atoms with Crippen molar-refractivity contribution in [2.45, 2.75) is 51.2 Å². The number of rotatable bonds is 5. The lowest BCUT2D eigenvalue weighted by Crippen LogP contribution is -2.56. The smallest absolute Gasteiger partial charge is 0.0826 e. The minimum atomic E-state index is -0.0600. The van der Waals surface area contributed by atoms with Gasteiger partial charge in [-0.05, 0) is 25.3 Å². The van der Waals surface area contributed by atoms with E-state index in [0.717, 1.165) is 45.6 Å². The summed E-state index contributed by atoms with van der Waals surface area (Å²) in [5, 5.41) is 13.4. The Balaban J connectivity index is 1.82. The second-order valence-corrected chi connectivity index (χ2v) is 6.41. The zero-order chi connectivity index (χ0) is 13.7. The molecule has 0 aromatic carbocycles. The molecule has 4 nitrogen and oxygen atoms in total. The average molecular weight is 270 g/mol. The van der Waals surface area contributed by atoms with Gasteiger partial charge in [0, 0.05) is 25.2 Å².